The summed E-state index contributed by atoms with van der Waals surface area (Å²) in [5.74, 6) is 3.71. The molecule has 0 fully saturated rings. The van der Waals surface area contributed by atoms with Gasteiger partial charge in [-0.1, -0.05) is 271 Å². The van der Waals surface area contributed by atoms with Gasteiger partial charge in [-0.15, -0.1) is 45.3 Å². The molecule has 514 valence electrons. The predicted molar refractivity (Wildman–Crippen MR) is 452 cm³/mol. The zero-order valence-electron chi connectivity index (χ0n) is 70.2. The van der Waals surface area contributed by atoms with E-state index in [0.29, 0.717) is 0 Å². The SMILES string of the molecule is CC(C)(C)c1cc2c3c(c1)Oc1ccccc1B3c1ccccc1O2.[2H]C([2H])(C)c1c(C(C)(C)C)ccc2c1sc1ccccc12.[2H]C([2H])(C)c1cc2sc3ccccc3c2cc1C(C)(C)C.[2H]C([2H])(C)c1ccc2c(sc3ccccc32)c1C(C)(C)C.[2H]C([2H])(C)c1ccc2sc3ccccc3c2c1C(C)(C)C. The van der Waals surface area contributed by atoms with E-state index in [4.69, 9.17) is 20.4 Å². The minimum atomic E-state index is -1.34. The van der Waals surface area contributed by atoms with Gasteiger partial charge in [-0.3, -0.25) is 0 Å². The summed E-state index contributed by atoms with van der Waals surface area (Å²) in [5.41, 5.74) is 12.3. The second-order valence-corrected chi connectivity index (χ2v) is 36.0. The van der Waals surface area contributed by atoms with Crippen LogP contribution in [0.4, 0.5) is 0 Å². The number of hydrogen-bond donors (Lipinski definition) is 0. The molecule has 7 heteroatoms. The van der Waals surface area contributed by atoms with Gasteiger partial charge in [0.1, 0.15) is 23.0 Å². The fraction of sp³-hybridized carbons (Fsp3) is 0.298. The maximum Gasteiger partial charge on any atom is 0.260 e. The smallest absolute Gasteiger partial charge is 0.260 e. The van der Waals surface area contributed by atoms with Crippen LogP contribution in [0.2, 0.25) is 0 Å². The zero-order valence-corrected chi connectivity index (χ0v) is 65.4. The number of thiophene rings is 4. The fourth-order valence-electron chi connectivity index (χ4n) is 14.6. The van der Waals surface area contributed by atoms with Crippen molar-refractivity contribution in [3.8, 4) is 23.0 Å². The van der Waals surface area contributed by atoms with Crippen LogP contribution in [0.1, 0.15) is 193 Å². The molecule has 0 saturated heterocycles. The van der Waals surface area contributed by atoms with E-state index in [1.807, 2.05) is 36.4 Å². The molecule has 2 nitrogen and oxygen atoms in total. The van der Waals surface area contributed by atoms with E-state index in [9.17, 15) is 0 Å². The topological polar surface area (TPSA) is 18.5 Å². The second-order valence-electron chi connectivity index (χ2n) is 31.7. The van der Waals surface area contributed by atoms with Crippen LogP contribution in [0.3, 0.4) is 0 Å². The maximum absolute atomic E-state index is 8.32. The Balaban J connectivity index is 0.000000120. The molecule has 0 saturated carbocycles. The summed E-state index contributed by atoms with van der Waals surface area (Å²) in [7, 11) is 0. The summed E-state index contributed by atoms with van der Waals surface area (Å²) in [6.07, 6.45) is -5.33. The average molecular weight is 1410 g/mol. The van der Waals surface area contributed by atoms with E-state index >= 15 is 0 Å². The molecule has 15 aromatic rings. The van der Waals surface area contributed by atoms with E-state index in [-0.39, 0.29) is 33.8 Å². The third kappa shape index (κ3) is 14.0. The van der Waals surface area contributed by atoms with Crippen molar-refractivity contribution >= 4 is 149 Å². The number of benzene rings is 11. The lowest BCUT2D eigenvalue weighted by Crippen LogP contribution is -2.57. The van der Waals surface area contributed by atoms with Gasteiger partial charge in [0.2, 0.25) is 0 Å². The van der Waals surface area contributed by atoms with Crippen molar-refractivity contribution in [1.29, 1.82) is 0 Å². The highest BCUT2D eigenvalue weighted by molar-refractivity contribution is 7.27. The third-order valence-electron chi connectivity index (χ3n) is 19.5. The molecule has 0 radical (unpaired) electrons. The minimum absolute atomic E-state index is 0.0294. The van der Waals surface area contributed by atoms with Crippen LogP contribution in [-0.2, 0) is 52.6 Å². The van der Waals surface area contributed by atoms with Gasteiger partial charge in [-0.05, 0) is 180 Å². The first-order valence-corrected chi connectivity index (χ1v) is 38.6. The first kappa shape index (κ1) is 61.6. The number of para-hydroxylation sites is 2. The highest BCUT2D eigenvalue weighted by Crippen LogP contribution is 2.46. The average Bonchev–Trinajstić information content (AvgIpc) is 1.63. The van der Waals surface area contributed by atoms with Crippen LogP contribution < -0.4 is 25.9 Å². The molecule has 0 aliphatic carbocycles. The highest BCUT2D eigenvalue weighted by Gasteiger charge is 2.41. The molecule has 101 heavy (non-hydrogen) atoms. The lowest BCUT2D eigenvalue weighted by Gasteiger charge is -2.34. The molecule has 0 atom stereocenters. The fourth-order valence-corrected chi connectivity index (χ4v) is 19.6. The second kappa shape index (κ2) is 28.0. The Morgan fingerprint density at radius 3 is 1.25 bits per heavy atom. The molecular formula is C94H99BO2S4. The standard InChI is InChI=1S/C22H19BO2.4C18H20S/c1-22(2,3)14-12-19-21-20(13-14)25-18-11-7-5-9-16(18)23(21)15-8-4-6-10-17(15)24-19;1-5-12-10-17-14(11-15(12)18(2,3)4)13-8-6-7-9-16(13)19-17;1-5-12-15(18(2,3)4)11-10-14-13-8-6-7-9-16(13)19-17(12)14;1-5-12-10-11-14-13-8-6-7-9-15(13)19-17(14)16(12)18(2,3)4;1-5-12-10-11-15-16(17(12)18(2,3)4)13-8-6-7-9-14(13)19-15/h4-13H,1-3H3;4*6-11H,5H2,1-4H3/i;4*5D2. The molecule has 11 aromatic carbocycles. The Hall–Kier alpha value is -8.04. The Morgan fingerprint density at radius 1 is 0.317 bits per heavy atom. The van der Waals surface area contributed by atoms with Gasteiger partial charge in [0.25, 0.3) is 6.71 Å². The van der Waals surface area contributed by atoms with Crippen LogP contribution in [0.5, 0.6) is 23.0 Å². The number of ether oxygens (including phenoxy) is 2. The van der Waals surface area contributed by atoms with Crippen molar-refractivity contribution in [2.24, 2.45) is 0 Å². The van der Waals surface area contributed by atoms with Gasteiger partial charge in [-0.2, -0.15) is 0 Å². The molecule has 0 bridgehead atoms. The van der Waals surface area contributed by atoms with Gasteiger partial charge in [0, 0.05) is 97.1 Å². The summed E-state index contributed by atoms with van der Waals surface area (Å²) in [6.45, 7) is 39.3. The van der Waals surface area contributed by atoms with Crippen LogP contribution in [0, 0.1) is 0 Å². The van der Waals surface area contributed by atoms with Crippen molar-refractivity contribution < 1.29 is 20.4 Å². The van der Waals surface area contributed by atoms with Gasteiger partial charge in [0.15, 0.2) is 0 Å². The first-order valence-electron chi connectivity index (χ1n) is 39.3. The van der Waals surface area contributed by atoms with Crippen LogP contribution in [0.25, 0.3) is 80.7 Å². The van der Waals surface area contributed by atoms with E-state index in [1.54, 1.807) is 73.0 Å². The zero-order chi connectivity index (χ0) is 78.8. The first-order chi connectivity index (χ1) is 50.8. The molecular weight excluding hydrogens is 1300 g/mol. The highest BCUT2D eigenvalue weighted by atomic mass is 32.1. The molecule has 0 N–H and O–H groups in total. The van der Waals surface area contributed by atoms with Crippen LogP contribution in [0.15, 0.2) is 206 Å². The number of aryl methyl sites for hydroxylation is 4. The Bertz CT molecular complexity index is 5710. The summed E-state index contributed by atoms with van der Waals surface area (Å²) in [4.78, 5) is 0. The van der Waals surface area contributed by atoms with Crippen molar-refractivity contribution in [3.05, 3.63) is 256 Å². The predicted octanol–water partition coefficient (Wildman–Crippen LogP) is 27.4. The van der Waals surface area contributed by atoms with E-state index < -0.39 is 25.5 Å². The molecule has 0 spiro atoms. The Labute approximate surface area is 628 Å². The number of rotatable bonds is 4. The lowest BCUT2D eigenvalue weighted by atomic mass is 9.35. The summed E-state index contributed by atoms with van der Waals surface area (Å²) in [6, 6.07) is 71.2. The van der Waals surface area contributed by atoms with Gasteiger partial charge >= 0.3 is 0 Å². The van der Waals surface area contributed by atoms with E-state index in [0.717, 1.165) is 77.7 Å². The van der Waals surface area contributed by atoms with Crippen LogP contribution in [-0.4, -0.2) is 6.71 Å². The monoisotopic (exact) mass is 1410 g/mol. The number of fused-ring (bicyclic) bond motifs is 16. The summed E-state index contributed by atoms with van der Waals surface area (Å²) < 4.78 is 88.1. The van der Waals surface area contributed by atoms with Gasteiger partial charge < -0.3 is 9.47 Å². The van der Waals surface area contributed by atoms with E-state index in [2.05, 4.69) is 274 Å². The summed E-state index contributed by atoms with van der Waals surface area (Å²) in [5, 5.41) is 9.90. The van der Waals surface area contributed by atoms with Crippen LogP contribution >= 0.6 is 45.3 Å². The molecule has 6 heterocycles. The number of hydrogen-bond acceptors (Lipinski definition) is 6. The quantitative estimate of drug-likeness (QED) is 0.164. The van der Waals surface area contributed by atoms with Crippen molar-refractivity contribution in [1.82, 2.24) is 0 Å². The minimum Gasteiger partial charge on any atom is -0.458 e. The maximum atomic E-state index is 8.32. The van der Waals surface area contributed by atoms with Gasteiger partial charge in [0.05, 0.1) is 0 Å². The lowest BCUT2D eigenvalue weighted by molar-refractivity contribution is 0.458. The molecule has 4 aromatic heterocycles. The summed E-state index contributed by atoms with van der Waals surface area (Å²) >= 11 is 7.02. The third-order valence-corrected chi connectivity index (χ3v) is 24.2. The largest absolute Gasteiger partial charge is 0.458 e. The molecule has 0 unspecified atom stereocenters. The Morgan fingerprint density at radius 2 is 0.743 bits per heavy atom. The van der Waals surface area contributed by atoms with E-state index in [1.165, 1.54) is 92.5 Å². The molecule has 2 aliphatic heterocycles. The molecule has 17 rings (SSSR count). The Kier molecular flexibility index (Phi) is 17.1. The van der Waals surface area contributed by atoms with Crippen molar-refractivity contribution in [2.45, 2.75) is 184 Å². The van der Waals surface area contributed by atoms with Crippen molar-refractivity contribution in [2.75, 3.05) is 0 Å². The molecule has 0 amide bonds. The van der Waals surface area contributed by atoms with Crippen molar-refractivity contribution in [3.63, 3.8) is 0 Å². The van der Waals surface area contributed by atoms with Gasteiger partial charge in [-0.25, -0.2) is 0 Å². The normalized spacial score (nSPS) is 14.5. The molecule has 2 aliphatic rings.